The highest BCUT2D eigenvalue weighted by molar-refractivity contribution is 7.89. The normalized spacial score (nSPS) is 22.0. The first kappa shape index (κ1) is 15.6. The number of hydrogen-bond donors (Lipinski definition) is 2. The molecule has 1 heterocycles. The maximum Gasteiger partial charge on any atom is 0.252 e. The minimum absolute atomic E-state index is 0.103. The van der Waals surface area contributed by atoms with E-state index >= 15 is 0 Å². The third-order valence-electron chi connectivity index (χ3n) is 3.39. The second-order valence-electron chi connectivity index (χ2n) is 4.96. The van der Waals surface area contributed by atoms with Gasteiger partial charge in [-0.2, -0.15) is 0 Å². The zero-order valence-corrected chi connectivity index (χ0v) is 11.8. The fourth-order valence-corrected chi connectivity index (χ4v) is 2.89. The Morgan fingerprint density at radius 2 is 2.05 bits per heavy atom. The zero-order chi connectivity index (χ0) is 15.8. The Bertz CT molecular complexity index is 663. The van der Waals surface area contributed by atoms with Crippen LogP contribution in [0.25, 0.3) is 0 Å². The Hall–Kier alpha value is -1.74. The molecule has 1 aromatic rings. The molecule has 1 saturated heterocycles. The van der Waals surface area contributed by atoms with Crippen molar-refractivity contribution in [2.24, 2.45) is 10.9 Å². The molecule has 0 spiro atoms. The average Bonchev–Trinajstić information content (AvgIpc) is 2.36. The highest BCUT2D eigenvalue weighted by Gasteiger charge is 2.42. The molecular formula is C12H15F2N3O3S. The van der Waals surface area contributed by atoms with Crippen molar-refractivity contribution in [3.8, 4) is 0 Å². The second kappa shape index (κ2) is 5.23. The number of piperidine rings is 1. The summed E-state index contributed by atoms with van der Waals surface area (Å²) < 4.78 is 49.5. The van der Waals surface area contributed by atoms with Gasteiger partial charge in [0.05, 0.1) is 4.90 Å². The summed E-state index contributed by atoms with van der Waals surface area (Å²) in [5.74, 6) is -3.84. The third-order valence-corrected chi connectivity index (χ3v) is 4.30. The molecule has 4 N–H and O–H groups in total. The highest BCUT2D eigenvalue weighted by Crippen LogP contribution is 2.34. The van der Waals surface area contributed by atoms with Crippen LogP contribution >= 0.6 is 0 Å². The molecule has 1 aliphatic heterocycles. The Balaban J connectivity index is 2.38. The van der Waals surface area contributed by atoms with Crippen molar-refractivity contribution < 1.29 is 22.0 Å². The maximum absolute atomic E-state index is 13.4. The topological polar surface area (TPSA) is 106 Å². The number of alkyl halides is 2. The molecule has 0 radical (unpaired) electrons. The van der Waals surface area contributed by atoms with E-state index in [1.807, 2.05) is 0 Å². The van der Waals surface area contributed by atoms with Gasteiger partial charge in [-0.3, -0.25) is 4.79 Å². The molecule has 1 aliphatic rings. The summed E-state index contributed by atoms with van der Waals surface area (Å²) in [5, 5.41) is 5.03. The molecule has 2 rings (SSSR count). The molecule has 6 nitrogen and oxygen atoms in total. The number of sulfonamides is 1. The van der Waals surface area contributed by atoms with Crippen molar-refractivity contribution in [3.63, 3.8) is 0 Å². The van der Waals surface area contributed by atoms with Crippen LogP contribution in [0.5, 0.6) is 0 Å². The molecule has 9 heteroatoms. The Kier molecular flexibility index (Phi) is 3.89. The molecule has 21 heavy (non-hydrogen) atoms. The molecule has 1 aromatic carbocycles. The summed E-state index contributed by atoms with van der Waals surface area (Å²) in [6.07, 6.45) is -1.13. The lowest BCUT2D eigenvalue weighted by atomic mass is 9.97. The van der Waals surface area contributed by atoms with Crippen molar-refractivity contribution in [2.75, 3.05) is 11.4 Å². The molecule has 0 saturated carbocycles. The number of carbonyl (C=O) groups is 1. The molecule has 1 atom stereocenters. The highest BCUT2D eigenvalue weighted by atomic mass is 32.2. The van der Waals surface area contributed by atoms with Gasteiger partial charge in [-0.15, -0.1) is 0 Å². The summed E-state index contributed by atoms with van der Waals surface area (Å²) in [7, 11) is -3.92. The first-order chi connectivity index (χ1) is 9.60. The molecular weight excluding hydrogens is 304 g/mol. The molecule has 0 aromatic heterocycles. The van der Waals surface area contributed by atoms with E-state index in [0.29, 0.717) is 5.69 Å². The lowest BCUT2D eigenvalue weighted by Crippen LogP contribution is -2.53. The van der Waals surface area contributed by atoms with Crippen LogP contribution in [0.2, 0.25) is 0 Å². The van der Waals surface area contributed by atoms with Crippen LogP contribution in [0.1, 0.15) is 12.8 Å². The quantitative estimate of drug-likeness (QED) is 0.842. The van der Waals surface area contributed by atoms with Crippen molar-refractivity contribution in [1.29, 1.82) is 0 Å². The molecule has 1 unspecified atom stereocenters. The number of primary sulfonamides is 1. The van der Waals surface area contributed by atoms with E-state index in [9.17, 15) is 22.0 Å². The van der Waals surface area contributed by atoms with Gasteiger partial charge in [0.1, 0.15) is 6.04 Å². The molecule has 0 bridgehead atoms. The maximum atomic E-state index is 13.4. The fraction of sp³-hybridized carbons (Fsp3) is 0.417. The summed E-state index contributed by atoms with van der Waals surface area (Å²) in [5.41, 5.74) is 5.50. The van der Waals surface area contributed by atoms with Crippen LogP contribution in [-0.2, 0) is 14.8 Å². The van der Waals surface area contributed by atoms with Crippen molar-refractivity contribution >= 4 is 21.6 Å². The predicted molar refractivity (Wildman–Crippen MR) is 72.3 cm³/mol. The first-order valence-electron chi connectivity index (χ1n) is 6.17. The monoisotopic (exact) mass is 319 g/mol. The van der Waals surface area contributed by atoms with Crippen LogP contribution in [0.15, 0.2) is 29.2 Å². The number of amides is 1. The van der Waals surface area contributed by atoms with Gasteiger partial charge in [0, 0.05) is 25.1 Å². The smallest absolute Gasteiger partial charge is 0.252 e. The summed E-state index contributed by atoms with van der Waals surface area (Å²) >= 11 is 0. The lowest BCUT2D eigenvalue weighted by Gasteiger charge is -2.39. The van der Waals surface area contributed by atoms with Crippen LogP contribution in [0, 0.1) is 0 Å². The van der Waals surface area contributed by atoms with Gasteiger partial charge in [0.15, 0.2) is 0 Å². The van der Waals surface area contributed by atoms with Gasteiger partial charge in [-0.1, -0.05) is 6.07 Å². The third kappa shape index (κ3) is 3.48. The van der Waals surface area contributed by atoms with Crippen LogP contribution < -0.4 is 15.8 Å². The van der Waals surface area contributed by atoms with Gasteiger partial charge in [-0.05, 0) is 18.2 Å². The zero-order valence-electron chi connectivity index (χ0n) is 11.0. The summed E-state index contributed by atoms with van der Waals surface area (Å²) in [4.78, 5) is 12.6. The molecule has 0 aliphatic carbocycles. The van der Waals surface area contributed by atoms with Crippen molar-refractivity contribution in [1.82, 2.24) is 0 Å². The van der Waals surface area contributed by atoms with Gasteiger partial charge < -0.3 is 10.6 Å². The standard InChI is InChI=1S/C12H15F2N3O3S/c13-12(14)4-5-17(10(7-12)11(15)18)8-2-1-3-9(6-8)21(16,19)20/h1-3,6,10H,4-5,7H2,(H2,15,18)(H2,16,19,20). The number of benzene rings is 1. The van der Waals surface area contributed by atoms with E-state index in [-0.39, 0.29) is 11.4 Å². The van der Waals surface area contributed by atoms with Crippen LogP contribution in [-0.4, -0.2) is 32.8 Å². The number of anilines is 1. The summed E-state index contributed by atoms with van der Waals surface area (Å²) in [6, 6.07) is 4.30. The Morgan fingerprint density at radius 1 is 1.38 bits per heavy atom. The van der Waals surface area contributed by atoms with E-state index < -0.39 is 40.7 Å². The minimum atomic E-state index is -3.92. The van der Waals surface area contributed by atoms with E-state index in [1.54, 1.807) is 0 Å². The van der Waals surface area contributed by atoms with E-state index in [2.05, 4.69) is 0 Å². The van der Waals surface area contributed by atoms with Gasteiger partial charge in [0.2, 0.25) is 15.9 Å². The number of nitrogens with two attached hydrogens (primary N) is 2. The van der Waals surface area contributed by atoms with Crippen molar-refractivity contribution in [3.05, 3.63) is 24.3 Å². The number of carbonyl (C=O) groups excluding carboxylic acids is 1. The van der Waals surface area contributed by atoms with E-state index in [0.717, 1.165) is 0 Å². The van der Waals surface area contributed by atoms with E-state index in [4.69, 9.17) is 10.9 Å². The number of nitrogens with zero attached hydrogens (tertiary/aromatic N) is 1. The first-order valence-corrected chi connectivity index (χ1v) is 7.71. The number of primary amides is 1. The number of hydrogen-bond acceptors (Lipinski definition) is 4. The molecule has 1 amide bonds. The molecule has 116 valence electrons. The predicted octanol–water partition coefficient (Wildman–Crippen LogP) is 0.423. The number of halogens is 2. The number of rotatable bonds is 3. The fourth-order valence-electron chi connectivity index (χ4n) is 2.34. The van der Waals surface area contributed by atoms with Gasteiger partial charge >= 0.3 is 0 Å². The molecule has 1 fully saturated rings. The average molecular weight is 319 g/mol. The van der Waals surface area contributed by atoms with E-state index in [1.165, 1.54) is 29.2 Å². The van der Waals surface area contributed by atoms with Gasteiger partial charge in [-0.25, -0.2) is 22.3 Å². The minimum Gasteiger partial charge on any atom is -0.368 e. The second-order valence-corrected chi connectivity index (χ2v) is 6.53. The largest absolute Gasteiger partial charge is 0.368 e. The van der Waals surface area contributed by atoms with Crippen LogP contribution in [0.4, 0.5) is 14.5 Å². The Labute approximate surface area is 120 Å². The SMILES string of the molecule is NC(=O)C1CC(F)(F)CCN1c1cccc(S(N)(=O)=O)c1. The van der Waals surface area contributed by atoms with Crippen molar-refractivity contribution in [2.45, 2.75) is 29.7 Å². The van der Waals surface area contributed by atoms with Crippen LogP contribution in [0.3, 0.4) is 0 Å². The van der Waals surface area contributed by atoms with Gasteiger partial charge in [0.25, 0.3) is 5.92 Å². The summed E-state index contributed by atoms with van der Waals surface area (Å²) in [6.45, 7) is -0.103. The Morgan fingerprint density at radius 3 is 2.62 bits per heavy atom. The lowest BCUT2D eigenvalue weighted by molar-refractivity contribution is -0.123.